The van der Waals surface area contributed by atoms with Crippen LogP contribution in [0.3, 0.4) is 0 Å². The fourth-order valence-electron chi connectivity index (χ4n) is 1.54. The number of hydrazine groups is 1. The third kappa shape index (κ3) is 4.87. The molecule has 1 aromatic rings. The van der Waals surface area contributed by atoms with E-state index in [2.05, 4.69) is 18.4 Å². The summed E-state index contributed by atoms with van der Waals surface area (Å²) in [7, 11) is 0. The van der Waals surface area contributed by atoms with E-state index in [4.69, 9.17) is 10.6 Å². The number of ether oxygens (including phenoxy) is 1. The third-order valence-corrected chi connectivity index (χ3v) is 2.58. The molecule has 17 heavy (non-hydrogen) atoms. The molecule has 0 aliphatic heterocycles. The number of amides is 1. The molecule has 0 saturated carbocycles. The van der Waals surface area contributed by atoms with Gasteiger partial charge in [-0.2, -0.15) is 0 Å². The number of nitrogens with one attached hydrogen (secondary N) is 1. The van der Waals surface area contributed by atoms with E-state index in [1.165, 1.54) is 5.56 Å². The fraction of sp³-hybridized carbons (Fsp3) is 0.462. The van der Waals surface area contributed by atoms with Crippen LogP contribution in [0, 0.1) is 0 Å². The third-order valence-electron chi connectivity index (χ3n) is 2.58. The van der Waals surface area contributed by atoms with Gasteiger partial charge in [0.2, 0.25) is 5.91 Å². The molecule has 1 aromatic carbocycles. The van der Waals surface area contributed by atoms with E-state index in [1.807, 2.05) is 25.1 Å². The van der Waals surface area contributed by atoms with Gasteiger partial charge in [-0.15, -0.1) is 0 Å². The molecule has 4 heteroatoms. The number of aryl methyl sites for hydroxylation is 1. The molecule has 0 aliphatic rings. The quantitative estimate of drug-likeness (QED) is 0.449. The van der Waals surface area contributed by atoms with Crippen molar-refractivity contribution in [2.45, 2.75) is 39.2 Å². The summed E-state index contributed by atoms with van der Waals surface area (Å²) >= 11 is 0. The Hall–Kier alpha value is -1.55. The zero-order valence-corrected chi connectivity index (χ0v) is 10.4. The average molecular weight is 236 g/mol. The summed E-state index contributed by atoms with van der Waals surface area (Å²) in [6, 6.07) is 8.00. The largest absolute Gasteiger partial charge is 0.491 e. The topological polar surface area (TPSA) is 64.3 Å². The van der Waals surface area contributed by atoms with Crippen molar-refractivity contribution in [2.24, 2.45) is 5.84 Å². The molecule has 1 atom stereocenters. The Kier molecular flexibility index (Phi) is 5.49. The van der Waals surface area contributed by atoms with Crippen LogP contribution < -0.4 is 16.0 Å². The molecule has 1 rings (SSSR count). The van der Waals surface area contributed by atoms with Crippen molar-refractivity contribution in [2.75, 3.05) is 0 Å². The zero-order chi connectivity index (χ0) is 12.7. The molecule has 1 amide bonds. The van der Waals surface area contributed by atoms with Crippen molar-refractivity contribution in [3.05, 3.63) is 29.8 Å². The number of hydrogen-bond donors (Lipinski definition) is 2. The molecule has 0 heterocycles. The maximum absolute atomic E-state index is 11.0. The minimum absolute atomic E-state index is 0.000550. The van der Waals surface area contributed by atoms with Crippen molar-refractivity contribution < 1.29 is 9.53 Å². The van der Waals surface area contributed by atoms with Crippen LogP contribution in [0.4, 0.5) is 0 Å². The second-order valence-corrected chi connectivity index (χ2v) is 4.04. The highest BCUT2D eigenvalue weighted by atomic mass is 16.5. The van der Waals surface area contributed by atoms with Gasteiger partial charge in [0.1, 0.15) is 5.75 Å². The Morgan fingerprint density at radius 1 is 1.53 bits per heavy atom. The van der Waals surface area contributed by atoms with Crippen LogP contribution >= 0.6 is 0 Å². The summed E-state index contributed by atoms with van der Waals surface area (Å²) in [4.78, 5) is 11.0. The molecule has 0 spiro atoms. The predicted octanol–water partition coefficient (Wildman–Crippen LogP) is 1.79. The normalized spacial score (nSPS) is 11.9. The van der Waals surface area contributed by atoms with E-state index in [1.54, 1.807) is 0 Å². The number of benzene rings is 1. The van der Waals surface area contributed by atoms with Gasteiger partial charge >= 0.3 is 0 Å². The van der Waals surface area contributed by atoms with Crippen LogP contribution in [0.5, 0.6) is 5.75 Å². The van der Waals surface area contributed by atoms with Crippen LogP contribution in [-0.4, -0.2) is 12.0 Å². The SMILES string of the molecule is CCc1cccc(OC(C)CCC(=O)NN)c1. The molecule has 0 aromatic heterocycles. The van der Waals surface area contributed by atoms with E-state index in [9.17, 15) is 4.79 Å². The summed E-state index contributed by atoms with van der Waals surface area (Å²) in [5.41, 5.74) is 3.35. The molecule has 0 saturated heterocycles. The molecule has 4 nitrogen and oxygen atoms in total. The maximum Gasteiger partial charge on any atom is 0.234 e. The molecule has 94 valence electrons. The highest BCUT2D eigenvalue weighted by Gasteiger charge is 2.07. The minimum Gasteiger partial charge on any atom is -0.491 e. The summed E-state index contributed by atoms with van der Waals surface area (Å²) in [5.74, 6) is 5.70. The lowest BCUT2D eigenvalue weighted by atomic mass is 10.1. The van der Waals surface area contributed by atoms with E-state index in [0.717, 1.165) is 12.2 Å². The lowest BCUT2D eigenvalue weighted by Gasteiger charge is -2.14. The first-order valence-electron chi connectivity index (χ1n) is 5.90. The van der Waals surface area contributed by atoms with Crippen molar-refractivity contribution in [1.29, 1.82) is 0 Å². The van der Waals surface area contributed by atoms with Crippen molar-refractivity contribution >= 4 is 5.91 Å². The van der Waals surface area contributed by atoms with E-state index >= 15 is 0 Å². The number of rotatable bonds is 6. The Morgan fingerprint density at radius 3 is 2.94 bits per heavy atom. The lowest BCUT2D eigenvalue weighted by molar-refractivity contribution is -0.121. The first-order valence-corrected chi connectivity index (χ1v) is 5.90. The van der Waals surface area contributed by atoms with Gasteiger partial charge in [-0.05, 0) is 37.5 Å². The second kappa shape index (κ2) is 6.91. The molecule has 3 N–H and O–H groups in total. The van der Waals surface area contributed by atoms with Gasteiger partial charge in [0.25, 0.3) is 0 Å². The first kappa shape index (κ1) is 13.5. The average Bonchev–Trinajstić information content (AvgIpc) is 2.36. The summed E-state index contributed by atoms with van der Waals surface area (Å²) < 4.78 is 5.73. The summed E-state index contributed by atoms with van der Waals surface area (Å²) in [6.07, 6.45) is 2.02. The van der Waals surface area contributed by atoms with Crippen molar-refractivity contribution in [3.8, 4) is 5.75 Å². The van der Waals surface area contributed by atoms with Crippen molar-refractivity contribution in [1.82, 2.24) is 5.43 Å². The van der Waals surface area contributed by atoms with Gasteiger partial charge in [0.15, 0.2) is 0 Å². The second-order valence-electron chi connectivity index (χ2n) is 4.04. The molecule has 0 radical (unpaired) electrons. The summed E-state index contributed by atoms with van der Waals surface area (Å²) in [5, 5.41) is 0. The predicted molar refractivity (Wildman–Crippen MR) is 67.5 cm³/mol. The summed E-state index contributed by atoms with van der Waals surface area (Å²) in [6.45, 7) is 4.05. The standard InChI is InChI=1S/C13H20N2O2/c1-3-11-5-4-6-12(9-11)17-10(2)7-8-13(16)15-14/h4-6,9-10H,3,7-8,14H2,1-2H3,(H,15,16). The van der Waals surface area contributed by atoms with Crippen LogP contribution in [0.1, 0.15) is 32.3 Å². The Labute approximate surface area is 102 Å². The monoisotopic (exact) mass is 236 g/mol. The van der Waals surface area contributed by atoms with Gasteiger partial charge in [-0.3, -0.25) is 10.2 Å². The molecular weight excluding hydrogens is 216 g/mol. The first-order chi connectivity index (χ1) is 8.15. The van der Waals surface area contributed by atoms with E-state index in [-0.39, 0.29) is 12.0 Å². The van der Waals surface area contributed by atoms with Gasteiger partial charge in [0, 0.05) is 6.42 Å². The molecule has 0 fully saturated rings. The molecular formula is C13H20N2O2. The number of carbonyl (C=O) groups excluding carboxylic acids is 1. The zero-order valence-electron chi connectivity index (χ0n) is 10.4. The number of nitrogens with two attached hydrogens (primary N) is 1. The Morgan fingerprint density at radius 2 is 2.29 bits per heavy atom. The highest BCUT2D eigenvalue weighted by Crippen LogP contribution is 2.16. The van der Waals surface area contributed by atoms with Gasteiger partial charge < -0.3 is 4.74 Å². The van der Waals surface area contributed by atoms with Crippen molar-refractivity contribution in [3.63, 3.8) is 0 Å². The van der Waals surface area contributed by atoms with Gasteiger partial charge in [0.05, 0.1) is 6.10 Å². The molecule has 0 aliphatic carbocycles. The molecule has 1 unspecified atom stereocenters. The van der Waals surface area contributed by atoms with Gasteiger partial charge in [-0.25, -0.2) is 5.84 Å². The Balaban J connectivity index is 2.44. The number of carbonyl (C=O) groups is 1. The lowest BCUT2D eigenvalue weighted by Crippen LogP contribution is -2.30. The fourth-order valence-corrected chi connectivity index (χ4v) is 1.54. The Bertz CT molecular complexity index is 366. The smallest absolute Gasteiger partial charge is 0.234 e. The van der Waals surface area contributed by atoms with Crippen LogP contribution in [0.25, 0.3) is 0 Å². The van der Waals surface area contributed by atoms with Crippen LogP contribution in [0.2, 0.25) is 0 Å². The van der Waals surface area contributed by atoms with Crippen LogP contribution in [-0.2, 0) is 11.2 Å². The van der Waals surface area contributed by atoms with Crippen LogP contribution in [0.15, 0.2) is 24.3 Å². The van der Waals surface area contributed by atoms with E-state index in [0.29, 0.717) is 12.8 Å². The maximum atomic E-state index is 11.0. The minimum atomic E-state index is -0.164. The van der Waals surface area contributed by atoms with Gasteiger partial charge in [-0.1, -0.05) is 19.1 Å². The van der Waals surface area contributed by atoms with E-state index < -0.39 is 0 Å². The highest BCUT2D eigenvalue weighted by molar-refractivity contribution is 5.75. The number of hydrogen-bond acceptors (Lipinski definition) is 3. The molecule has 0 bridgehead atoms.